The van der Waals surface area contributed by atoms with E-state index in [1.54, 1.807) is 0 Å². The predicted molar refractivity (Wildman–Crippen MR) is 75.9 cm³/mol. The van der Waals surface area contributed by atoms with Crippen molar-refractivity contribution in [3.05, 3.63) is 35.4 Å². The maximum Gasteiger partial charge on any atom is 0.271 e. The second-order valence-corrected chi connectivity index (χ2v) is 4.43. The van der Waals surface area contributed by atoms with Gasteiger partial charge in [0.25, 0.3) is 5.91 Å². The van der Waals surface area contributed by atoms with Crippen LogP contribution in [-0.4, -0.2) is 11.6 Å². The first-order valence-corrected chi connectivity index (χ1v) is 6.60. The molecule has 0 fully saturated rings. The zero-order valence-corrected chi connectivity index (χ0v) is 11.5. The van der Waals surface area contributed by atoms with Crippen LogP contribution in [0, 0.1) is 6.92 Å². The summed E-state index contributed by atoms with van der Waals surface area (Å²) >= 11 is 0. The summed E-state index contributed by atoms with van der Waals surface area (Å²) in [6.45, 7) is 6.17. The summed E-state index contributed by atoms with van der Waals surface area (Å²) in [5, 5.41) is 4.24. The zero-order chi connectivity index (χ0) is 13.4. The number of nitrogens with zero attached hydrogens (tertiary/aromatic N) is 1. The van der Waals surface area contributed by atoms with Gasteiger partial charge in [-0.15, -0.1) is 0 Å². The third kappa shape index (κ3) is 4.32. The van der Waals surface area contributed by atoms with Gasteiger partial charge in [0.1, 0.15) is 0 Å². The van der Waals surface area contributed by atoms with Gasteiger partial charge in [0, 0.05) is 11.3 Å². The van der Waals surface area contributed by atoms with Gasteiger partial charge in [-0.2, -0.15) is 5.10 Å². The number of carbonyl (C=O) groups excluding carboxylic acids is 1. The van der Waals surface area contributed by atoms with Crippen molar-refractivity contribution in [3.63, 3.8) is 0 Å². The van der Waals surface area contributed by atoms with Crippen LogP contribution in [-0.2, 0) is 0 Å². The van der Waals surface area contributed by atoms with E-state index >= 15 is 0 Å². The average Bonchev–Trinajstić information content (AvgIpc) is 2.36. The maximum atomic E-state index is 12.0. The van der Waals surface area contributed by atoms with E-state index in [4.69, 9.17) is 0 Å². The number of nitrogens with one attached hydrogen (secondary N) is 1. The zero-order valence-electron chi connectivity index (χ0n) is 11.5. The van der Waals surface area contributed by atoms with Crippen molar-refractivity contribution in [3.8, 4) is 0 Å². The molecule has 0 saturated heterocycles. The summed E-state index contributed by atoms with van der Waals surface area (Å²) in [5.74, 6) is -0.127. The average molecular weight is 246 g/mol. The fourth-order valence-electron chi connectivity index (χ4n) is 1.83. The highest BCUT2D eigenvalue weighted by molar-refractivity contribution is 5.96. The molecule has 0 heterocycles. The van der Waals surface area contributed by atoms with Crippen LogP contribution in [0.15, 0.2) is 29.4 Å². The van der Waals surface area contributed by atoms with Crippen LogP contribution in [0.25, 0.3) is 0 Å². The minimum absolute atomic E-state index is 0.127. The normalized spacial score (nSPS) is 9.94. The molecule has 1 N–H and O–H groups in total. The van der Waals surface area contributed by atoms with Gasteiger partial charge >= 0.3 is 0 Å². The standard InChI is InChI=1S/C15H22N2O/c1-4-8-13(9-5-2)16-17-15(18)14-11-7-6-10-12(14)3/h6-7,10-11H,4-5,8-9H2,1-3H3,(H,17,18). The van der Waals surface area contributed by atoms with Gasteiger partial charge in [-0.3, -0.25) is 4.79 Å². The molecule has 0 aliphatic heterocycles. The van der Waals surface area contributed by atoms with E-state index in [0.717, 1.165) is 37.0 Å². The smallest absolute Gasteiger partial charge is 0.267 e. The monoisotopic (exact) mass is 246 g/mol. The third-order valence-corrected chi connectivity index (χ3v) is 2.78. The third-order valence-electron chi connectivity index (χ3n) is 2.78. The lowest BCUT2D eigenvalue weighted by Crippen LogP contribution is -2.20. The van der Waals surface area contributed by atoms with E-state index < -0.39 is 0 Å². The highest BCUT2D eigenvalue weighted by atomic mass is 16.2. The van der Waals surface area contributed by atoms with Gasteiger partial charge in [0.2, 0.25) is 0 Å². The molecule has 98 valence electrons. The Balaban J connectivity index is 2.69. The van der Waals surface area contributed by atoms with Crippen LogP contribution in [0.1, 0.15) is 55.5 Å². The molecule has 3 heteroatoms. The lowest BCUT2D eigenvalue weighted by molar-refractivity contribution is 0.0954. The number of benzene rings is 1. The van der Waals surface area contributed by atoms with Crippen molar-refractivity contribution in [2.45, 2.75) is 46.5 Å². The molecule has 0 aromatic heterocycles. The molecule has 0 unspecified atom stereocenters. The van der Waals surface area contributed by atoms with E-state index in [2.05, 4.69) is 24.4 Å². The number of hydrazone groups is 1. The number of rotatable bonds is 6. The molecule has 18 heavy (non-hydrogen) atoms. The summed E-state index contributed by atoms with van der Waals surface area (Å²) in [6.07, 6.45) is 4.00. The van der Waals surface area contributed by atoms with Crippen LogP contribution in [0.2, 0.25) is 0 Å². The van der Waals surface area contributed by atoms with Gasteiger partial charge < -0.3 is 0 Å². The Morgan fingerprint density at radius 3 is 2.33 bits per heavy atom. The van der Waals surface area contributed by atoms with E-state index in [0.29, 0.717) is 5.56 Å². The fourth-order valence-corrected chi connectivity index (χ4v) is 1.83. The Kier molecular flexibility index (Phi) is 6.12. The van der Waals surface area contributed by atoms with Crippen molar-refractivity contribution < 1.29 is 4.79 Å². The molecule has 0 spiro atoms. The van der Waals surface area contributed by atoms with E-state index in [9.17, 15) is 4.79 Å². The highest BCUT2D eigenvalue weighted by Crippen LogP contribution is 2.07. The highest BCUT2D eigenvalue weighted by Gasteiger charge is 2.07. The van der Waals surface area contributed by atoms with Crippen LogP contribution in [0.3, 0.4) is 0 Å². The Bertz CT molecular complexity index is 416. The quantitative estimate of drug-likeness (QED) is 0.603. The topological polar surface area (TPSA) is 41.5 Å². The van der Waals surface area contributed by atoms with Gasteiger partial charge in [-0.05, 0) is 31.4 Å². The van der Waals surface area contributed by atoms with Crippen LogP contribution < -0.4 is 5.43 Å². The van der Waals surface area contributed by atoms with E-state index in [1.165, 1.54) is 0 Å². The van der Waals surface area contributed by atoms with Crippen LogP contribution in [0.5, 0.6) is 0 Å². The lowest BCUT2D eigenvalue weighted by atomic mass is 10.1. The van der Waals surface area contributed by atoms with Crippen molar-refractivity contribution in [2.24, 2.45) is 5.10 Å². The molecule has 1 aromatic rings. The molecular formula is C15H22N2O. The largest absolute Gasteiger partial charge is 0.271 e. The summed E-state index contributed by atoms with van der Waals surface area (Å²) in [4.78, 5) is 12.0. The van der Waals surface area contributed by atoms with Gasteiger partial charge in [-0.1, -0.05) is 44.9 Å². The Morgan fingerprint density at radius 1 is 1.17 bits per heavy atom. The minimum Gasteiger partial charge on any atom is -0.267 e. The number of amides is 1. The number of carbonyl (C=O) groups is 1. The molecule has 1 rings (SSSR count). The molecule has 0 atom stereocenters. The molecule has 0 aliphatic carbocycles. The van der Waals surface area contributed by atoms with Gasteiger partial charge in [0.15, 0.2) is 0 Å². The summed E-state index contributed by atoms with van der Waals surface area (Å²) in [5.41, 5.74) is 5.39. The molecule has 0 bridgehead atoms. The minimum atomic E-state index is -0.127. The van der Waals surface area contributed by atoms with Gasteiger partial charge in [0.05, 0.1) is 0 Å². The fraction of sp³-hybridized carbons (Fsp3) is 0.467. The van der Waals surface area contributed by atoms with Crippen molar-refractivity contribution in [1.82, 2.24) is 5.43 Å². The molecule has 3 nitrogen and oxygen atoms in total. The van der Waals surface area contributed by atoms with Crippen molar-refractivity contribution in [2.75, 3.05) is 0 Å². The van der Waals surface area contributed by atoms with Crippen LogP contribution in [0.4, 0.5) is 0 Å². The Labute approximate surface area is 109 Å². The molecule has 1 aromatic carbocycles. The van der Waals surface area contributed by atoms with E-state index in [-0.39, 0.29) is 5.91 Å². The first kappa shape index (κ1) is 14.4. The second kappa shape index (κ2) is 7.64. The molecule has 1 amide bonds. The Hall–Kier alpha value is -1.64. The van der Waals surface area contributed by atoms with Crippen molar-refractivity contribution >= 4 is 11.6 Å². The van der Waals surface area contributed by atoms with E-state index in [1.807, 2.05) is 31.2 Å². The summed E-state index contributed by atoms with van der Waals surface area (Å²) in [7, 11) is 0. The lowest BCUT2D eigenvalue weighted by Gasteiger charge is -2.06. The second-order valence-electron chi connectivity index (χ2n) is 4.43. The predicted octanol–water partition coefficient (Wildman–Crippen LogP) is 3.68. The first-order chi connectivity index (χ1) is 8.69. The van der Waals surface area contributed by atoms with Gasteiger partial charge in [-0.25, -0.2) is 5.43 Å². The number of hydrogen-bond acceptors (Lipinski definition) is 2. The van der Waals surface area contributed by atoms with Crippen molar-refractivity contribution in [1.29, 1.82) is 0 Å². The molecular weight excluding hydrogens is 224 g/mol. The maximum absolute atomic E-state index is 12.0. The molecule has 0 radical (unpaired) electrons. The Morgan fingerprint density at radius 2 is 1.78 bits per heavy atom. The summed E-state index contributed by atoms with van der Waals surface area (Å²) in [6, 6.07) is 7.54. The first-order valence-electron chi connectivity index (χ1n) is 6.60. The summed E-state index contributed by atoms with van der Waals surface area (Å²) < 4.78 is 0. The van der Waals surface area contributed by atoms with Crippen LogP contribution >= 0.6 is 0 Å². The number of aryl methyl sites for hydroxylation is 1. The molecule has 0 aliphatic rings. The number of hydrogen-bond donors (Lipinski definition) is 1. The SMILES string of the molecule is CCCC(CCC)=NNC(=O)c1ccccc1C. The molecule has 0 saturated carbocycles.